The predicted molar refractivity (Wildman–Crippen MR) is 248 cm³/mol. The summed E-state index contributed by atoms with van der Waals surface area (Å²) < 4.78 is 17.4. The van der Waals surface area contributed by atoms with Crippen LogP contribution in [0.15, 0.2) is 0 Å². The lowest BCUT2D eigenvalue weighted by Crippen LogP contribution is -2.50. The molecule has 2 atom stereocenters. The molecule has 0 fully saturated rings. The molecule has 0 saturated heterocycles. The molecule has 0 bridgehead atoms. The first-order valence-electron chi connectivity index (χ1n) is 25.6. The van der Waals surface area contributed by atoms with Crippen LogP contribution in [0.2, 0.25) is 0 Å². The third-order valence-electron chi connectivity index (χ3n) is 12.0. The largest absolute Gasteiger partial charge is 0.477 e. The van der Waals surface area contributed by atoms with Crippen molar-refractivity contribution in [2.75, 3.05) is 41.0 Å². The number of carboxylic acids is 1. The molecule has 0 radical (unpaired) electrons. The van der Waals surface area contributed by atoms with Gasteiger partial charge in [-0.1, -0.05) is 226 Å². The second kappa shape index (κ2) is 43.0. The molecule has 0 rings (SSSR count). The number of aliphatic carboxylic acids is 1. The van der Waals surface area contributed by atoms with Gasteiger partial charge in [0.25, 0.3) is 0 Å². The van der Waals surface area contributed by atoms with E-state index >= 15 is 0 Å². The Morgan fingerprint density at radius 2 is 0.746 bits per heavy atom. The Morgan fingerprint density at radius 1 is 0.441 bits per heavy atom. The summed E-state index contributed by atoms with van der Waals surface area (Å²) in [5, 5.41) is 9.64. The van der Waals surface area contributed by atoms with Gasteiger partial charge in [0.15, 0.2) is 12.1 Å². The number of rotatable bonds is 47. The molecule has 0 saturated carbocycles. The van der Waals surface area contributed by atoms with Gasteiger partial charge < -0.3 is 23.8 Å². The van der Waals surface area contributed by atoms with Crippen LogP contribution in [0.3, 0.4) is 0 Å². The van der Waals surface area contributed by atoms with Gasteiger partial charge in [0.2, 0.25) is 0 Å². The van der Waals surface area contributed by atoms with Gasteiger partial charge in [-0.3, -0.25) is 9.59 Å². The Morgan fingerprint density at radius 3 is 1.05 bits per heavy atom. The molecule has 0 spiro atoms. The van der Waals surface area contributed by atoms with E-state index in [9.17, 15) is 19.5 Å². The molecule has 8 nitrogen and oxygen atoms in total. The number of hydrogen-bond donors (Lipinski definition) is 1. The van der Waals surface area contributed by atoms with Crippen molar-refractivity contribution in [1.29, 1.82) is 0 Å². The van der Waals surface area contributed by atoms with E-state index in [0.29, 0.717) is 19.3 Å². The van der Waals surface area contributed by atoms with E-state index in [0.717, 1.165) is 38.5 Å². The molecule has 0 aromatic carbocycles. The van der Waals surface area contributed by atoms with Gasteiger partial charge in [-0.2, -0.15) is 0 Å². The molecule has 0 aromatic rings. The van der Waals surface area contributed by atoms with Gasteiger partial charge in [0, 0.05) is 19.3 Å². The average Bonchev–Trinajstić information content (AvgIpc) is 3.19. The van der Waals surface area contributed by atoms with Crippen LogP contribution in [0.5, 0.6) is 0 Å². The molecule has 0 aliphatic heterocycles. The zero-order valence-corrected chi connectivity index (χ0v) is 40.0. The Hall–Kier alpha value is -1.67. The number of carboxylic acid groups (broad SMARTS) is 1. The molecule has 0 amide bonds. The van der Waals surface area contributed by atoms with Crippen LogP contribution in [-0.2, 0) is 28.6 Å². The van der Waals surface area contributed by atoms with E-state index in [-0.39, 0.29) is 36.2 Å². The molecule has 8 heteroatoms. The van der Waals surface area contributed by atoms with E-state index in [1.165, 1.54) is 186 Å². The molecule has 59 heavy (non-hydrogen) atoms. The fraction of sp³-hybridized carbons (Fsp3) is 0.941. The Balaban J connectivity index is 4.15. The SMILES string of the molecule is CCCCCCCCCCCCCCCCCCCCCCCC(=O)OCC(COCCC(C(=O)O)[N+](C)(C)C)OC(=O)CCCCCCCCCCCCCCCC. The van der Waals surface area contributed by atoms with Crippen LogP contribution in [0, 0.1) is 0 Å². The number of hydrogen-bond acceptors (Lipinski definition) is 6. The zero-order valence-electron chi connectivity index (χ0n) is 40.0. The summed E-state index contributed by atoms with van der Waals surface area (Å²) in [5.74, 6) is -1.44. The monoisotopic (exact) mass is 839 g/mol. The molecular formula is C51H100NO7+. The maximum Gasteiger partial charge on any atom is 0.362 e. The van der Waals surface area contributed by atoms with Gasteiger partial charge in [-0.05, 0) is 12.8 Å². The standard InChI is InChI=1S/C51H99NO7/c1-6-8-10-12-14-16-18-20-22-23-24-25-26-27-28-30-31-33-35-37-39-41-49(53)58-46-47(45-57-44-43-48(51(55)56)52(3,4)5)59-50(54)42-40-38-36-34-32-29-21-19-17-15-13-11-9-7-2/h47-48H,6-46H2,1-5H3/p+1. The van der Waals surface area contributed by atoms with Crippen LogP contribution in [0.4, 0.5) is 0 Å². The third kappa shape index (κ3) is 41.5. The summed E-state index contributed by atoms with van der Waals surface area (Å²) in [4.78, 5) is 37.1. The van der Waals surface area contributed by atoms with Gasteiger partial charge in [-0.25, -0.2) is 4.79 Å². The number of carbonyl (C=O) groups is 3. The number of ether oxygens (including phenoxy) is 3. The Bertz CT molecular complexity index is 936. The lowest BCUT2D eigenvalue weighted by molar-refractivity contribution is -0.887. The fourth-order valence-corrected chi connectivity index (χ4v) is 8.04. The number of nitrogens with zero attached hydrogens (tertiary/aromatic N) is 1. The van der Waals surface area contributed by atoms with E-state index in [4.69, 9.17) is 14.2 Å². The molecule has 2 unspecified atom stereocenters. The predicted octanol–water partition coefficient (Wildman–Crippen LogP) is 14.5. The zero-order chi connectivity index (χ0) is 43.5. The van der Waals surface area contributed by atoms with E-state index < -0.39 is 18.1 Å². The maximum atomic E-state index is 12.8. The van der Waals surface area contributed by atoms with E-state index in [1.807, 2.05) is 21.1 Å². The highest BCUT2D eigenvalue weighted by Crippen LogP contribution is 2.17. The minimum atomic E-state index is -0.869. The summed E-state index contributed by atoms with van der Waals surface area (Å²) >= 11 is 0. The van der Waals surface area contributed by atoms with Crippen molar-refractivity contribution in [2.45, 2.75) is 270 Å². The number of carbonyl (C=O) groups excluding carboxylic acids is 2. The van der Waals surface area contributed by atoms with Crippen molar-refractivity contribution in [1.82, 2.24) is 0 Å². The number of unbranched alkanes of at least 4 members (excludes halogenated alkanes) is 33. The lowest BCUT2D eigenvalue weighted by atomic mass is 10.0. The highest BCUT2D eigenvalue weighted by molar-refractivity contribution is 5.72. The van der Waals surface area contributed by atoms with Crippen LogP contribution in [0.1, 0.15) is 258 Å². The van der Waals surface area contributed by atoms with Crippen LogP contribution in [0.25, 0.3) is 0 Å². The van der Waals surface area contributed by atoms with Crippen LogP contribution < -0.4 is 0 Å². The summed E-state index contributed by atoms with van der Waals surface area (Å²) in [6.45, 7) is 4.79. The van der Waals surface area contributed by atoms with Crippen molar-refractivity contribution in [3.63, 3.8) is 0 Å². The topological polar surface area (TPSA) is 99.1 Å². The molecule has 0 aliphatic carbocycles. The summed E-state index contributed by atoms with van der Waals surface area (Å²) in [7, 11) is 5.55. The third-order valence-corrected chi connectivity index (χ3v) is 12.0. The summed E-state index contributed by atoms with van der Waals surface area (Å²) in [6, 6.07) is -0.608. The molecule has 0 aliphatic rings. The number of esters is 2. The van der Waals surface area contributed by atoms with Crippen molar-refractivity contribution in [3.8, 4) is 0 Å². The molecule has 0 aromatic heterocycles. The van der Waals surface area contributed by atoms with Gasteiger partial charge in [0.05, 0.1) is 34.4 Å². The quantitative estimate of drug-likeness (QED) is 0.0370. The minimum absolute atomic E-state index is 0.0414. The first-order valence-corrected chi connectivity index (χ1v) is 25.6. The Labute approximate surface area is 366 Å². The smallest absolute Gasteiger partial charge is 0.362 e. The second-order valence-corrected chi connectivity index (χ2v) is 18.8. The lowest BCUT2D eigenvalue weighted by Gasteiger charge is -2.31. The molecule has 1 N–H and O–H groups in total. The number of quaternary nitrogens is 1. The Kier molecular flexibility index (Phi) is 41.8. The van der Waals surface area contributed by atoms with Crippen molar-refractivity contribution in [2.24, 2.45) is 0 Å². The average molecular weight is 839 g/mol. The van der Waals surface area contributed by atoms with Crippen LogP contribution in [-0.4, -0.2) is 80.6 Å². The van der Waals surface area contributed by atoms with Gasteiger partial charge in [-0.15, -0.1) is 0 Å². The van der Waals surface area contributed by atoms with Gasteiger partial charge >= 0.3 is 17.9 Å². The van der Waals surface area contributed by atoms with E-state index in [1.54, 1.807) is 0 Å². The minimum Gasteiger partial charge on any atom is -0.477 e. The first kappa shape index (κ1) is 57.3. The second-order valence-electron chi connectivity index (χ2n) is 18.8. The van der Waals surface area contributed by atoms with Crippen LogP contribution >= 0.6 is 0 Å². The summed E-state index contributed by atoms with van der Waals surface area (Å²) in [5.41, 5.74) is 0. The van der Waals surface area contributed by atoms with E-state index in [2.05, 4.69) is 13.8 Å². The number of likely N-dealkylation sites (N-methyl/N-ethyl adjacent to an activating group) is 1. The fourth-order valence-electron chi connectivity index (χ4n) is 8.04. The molecule has 0 heterocycles. The van der Waals surface area contributed by atoms with Crippen molar-refractivity contribution in [3.05, 3.63) is 0 Å². The summed E-state index contributed by atoms with van der Waals surface area (Å²) in [6.07, 6.45) is 45.8. The highest BCUT2D eigenvalue weighted by Gasteiger charge is 2.31. The van der Waals surface area contributed by atoms with Crippen molar-refractivity contribution < 1.29 is 38.2 Å². The van der Waals surface area contributed by atoms with Gasteiger partial charge in [0.1, 0.15) is 6.61 Å². The maximum absolute atomic E-state index is 12.8. The molecular weight excluding hydrogens is 739 g/mol. The normalized spacial score (nSPS) is 12.8. The first-order chi connectivity index (χ1) is 28.6. The molecule has 350 valence electrons. The van der Waals surface area contributed by atoms with Crippen molar-refractivity contribution >= 4 is 17.9 Å². The highest BCUT2D eigenvalue weighted by atomic mass is 16.6.